The van der Waals surface area contributed by atoms with Gasteiger partial charge in [-0.25, -0.2) is 19.7 Å². The van der Waals surface area contributed by atoms with Crippen molar-refractivity contribution in [1.29, 1.82) is 0 Å². The number of hydrogen-bond donors (Lipinski definition) is 2. The smallest absolute Gasteiger partial charge is 0.410 e. The minimum absolute atomic E-state index is 0.179. The van der Waals surface area contributed by atoms with Crippen molar-refractivity contribution in [2.45, 2.75) is 91.3 Å². The Hall–Kier alpha value is -5.35. The Bertz CT molecular complexity index is 2280. The molecule has 0 bridgehead atoms. The third kappa shape index (κ3) is 10.3. The van der Waals surface area contributed by atoms with Crippen molar-refractivity contribution in [2.75, 3.05) is 35.6 Å². The molecule has 0 radical (unpaired) electrons. The van der Waals surface area contributed by atoms with Gasteiger partial charge in [0.25, 0.3) is 11.8 Å². The van der Waals surface area contributed by atoms with Crippen LogP contribution in [0.3, 0.4) is 0 Å². The summed E-state index contributed by atoms with van der Waals surface area (Å²) in [5.74, 6) is 0.914. The van der Waals surface area contributed by atoms with Gasteiger partial charge in [-0.1, -0.05) is 42.7 Å². The number of pyridine rings is 2. The van der Waals surface area contributed by atoms with Crippen LogP contribution in [-0.4, -0.2) is 84.8 Å². The lowest BCUT2D eigenvalue weighted by atomic mass is 9.89. The first-order valence-corrected chi connectivity index (χ1v) is 22.0. The number of carbonyl (C=O) groups excluding carboxylic acids is 4. The Morgan fingerprint density at radius 1 is 1.02 bits per heavy atom. The van der Waals surface area contributed by atoms with Crippen LogP contribution < -0.4 is 14.9 Å². The highest BCUT2D eigenvalue weighted by molar-refractivity contribution is 7.97. The molecule has 5 heterocycles. The van der Waals surface area contributed by atoms with E-state index in [0.29, 0.717) is 53.3 Å². The molecule has 59 heavy (non-hydrogen) atoms. The minimum atomic E-state index is -0.688. The van der Waals surface area contributed by atoms with Crippen LogP contribution in [0.1, 0.15) is 97.0 Å². The van der Waals surface area contributed by atoms with Crippen molar-refractivity contribution in [3.8, 4) is 11.1 Å². The van der Waals surface area contributed by atoms with E-state index in [-0.39, 0.29) is 37.0 Å². The molecule has 4 aromatic heterocycles. The molecule has 0 unspecified atom stereocenters. The van der Waals surface area contributed by atoms with E-state index < -0.39 is 11.7 Å². The van der Waals surface area contributed by atoms with Crippen molar-refractivity contribution in [3.05, 3.63) is 82.9 Å². The minimum Gasteiger partial charge on any atom is -0.444 e. The van der Waals surface area contributed by atoms with Gasteiger partial charge >= 0.3 is 6.09 Å². The molecule has 14 nitrogen and oxygen atoms in total. The molecule has 7 rings (SSSR count). The lowest BCUT2D eigenvalue weighted by molar-refractivity contribution is -0.108. The molecule has 1 aliphatic carbocycles. The second kappa shape index (κ2) is 18.7. The molecule has 1 saturated carbocycles. The first-order chi connectivity index (χ1) is 28.5. The molecule has 1 aromatic carbocycles. The number of nitrogens with one attached hydrogen (secondary N) is 2. The van der Waals surface area contributed by atoms with Gasteiger partial charge in [-0.3, -0.25) is 24.3 Å². The molecule has 1 aliphatic heterocycles. The van der Waals surface area contributed by atoms with Crippen LogP contribution >= 0.6 is 23.3 Å². The number of nitrogens with zero attached hydrogens (tertiary/aromatic N) is 7. The van der Waals surface area contributed by atoms with Crippen molar-refractivity contribution in [1.82, 2.24) is 34.4 Å². The van der Waals surface area contributed by atoms with E-state index >= 15 is 0 Å². The molecule has 5 aromatic rings. The van der Waals surface area contributed by atoms with Gasteiger partial charge in [-0.2, -0.15) is 5.10 Å². The molecular formula is C43H51N9O5S2. The van der Waals surface area contributed by atoms with Gasteiger partial charge < -0.3 is 19.3 Å². The molecule has 3 amide bonds. The van der Waals surface area contributed by atoms with Gasteiger partial charge in [0.2, 0.25) is 0 Å². The van der Waals surface area contributed by atoms with E-state index in [1.54, 1.807) is 27.0 Å². The van der Waals surface area contributed by atoms with Crippen molar-refractivity contribution in [2.24, 2.45) is 5.92 Å². The molecule has 1 fully saturated rings. The number of carbonyl (C=O) groups is 4. The number of hydrogen-bond acceptors (Lipinski definition) is 12. The topological polar surface area (TPSA) is 165 Å². The highest BCUT2D eigenvalue weighted by Crippen LogP contribution is 2.33. The van der Waals surface area contributed by atoms with E-state index in [1.165, 1.54) is 48.3 Å². The molecule has 0 saturated heterocycles. The third-order valence-corrected chi connectivity index (χ3v) is 12.3. The first-order valence-electron chi connectivity index (χ1n) is 20.2. The fourth-order valence-corrected chi connectivity index (χ4v) is 9.10. The maximum atomic E-state index is 14.2. The Balaban J connectivity index is 1.12. The summed E-state index contributed by atoms with van der Waals surface area (Å²) in [6, 6.07) is 13.3. The number of rotatable bonds is 14. The summed E-state index contributed by atoms with van der Waals surface area (Å²) < 4.78 is 10.6. The predicted octanol–water partition coefficient (Wildman–Crippen LogP) is 7.86. The highest BCUT2D eigenvalue weighted by Gasteiger charge is 2.27. The lowest BCUT2D eigenvalue weighted by Crippen LogP contribution is -2.39. The standard InChI is InChI=1S/C43H51N9O5S2/c1-28-33(25-45-52(28)26-29-11-6-5-7-12-29)31-16-17-36(47-37(31)39(55)49-58-24-22-50(20-10-23-53)42(56)57-43(2,3)4)51-21-18-30-13-8-14-32(34(30)27-51)38(54)48-41-46-35-15-9-19-44-40(35)59-41/h8-9,13-17,19,23,25,29H,5-7,10-12,18,20-22,24,26-27H2,1-4H3,(H,49,55)(H,46,48,54). The van der Waals surface area contributed by atoms with Gasteiger partial charge in [0.15, 0.2) is 5.13 Å². The van der Waals surface area contributed by atoms with E-state index in [2.05, 4.69) is 29.6 Å². The van der Waals surface area contributed by atoms with Crippen LogP contribution in [0, 0.1) is 12.8 Å². The largest absolute Gasteiger partial charge is 0.444 e. The summed E-state index contributed by atoms with van der Waals surface area (Å²) in [5.41, 5.74) is 5.31. The zero-order chi connectivity index (χ0) is 41.5. The molecule has 0 spiro atoms. The maximum absolute atomic E-state index is 14.2. The van der Waals surface area contributed by atoms with Crippen LogP contribution in [0.15, 0.2) is 54.9 Å². The first kappa shape index (κ1) is 41.8. The van der Waals surface area contributed by atoms with E-state index in [4.69, 9.17) is 14.8 Å². The summed E-state index contributed by atoms with van der Waals surface area (Å²) >= 11 is 2.49. The monoisotopic (exact) mass is 837 g/mol. The van der Waals surface area contributed by atoms with Gasteiger partial charge in [0.05, 0.1) is 6.20 Å². The summed E-state index contributed by atoms with van der Waals surface area (Å²) in [6.07, 6.45) is 10.8. The summed E-state index contributed by atoms with van der Waals surface area (Å²) in [5, 5.41) is 8.24. The van der Waals surface area contributed by atoms with E-state index in [1.807, 2.05) is 55.6 Å². The fraction of sp³-hybridized carbons (Fsp3) is 0.442. The van der Waals surface area contributed by atoms with Crippen LogP contribution in [0.5, 0.6) is 0 Å². The SMILES string of the molecule is Cc1c(-c2ccc(N3CCc4cccc(C(=O)Nc5nc6cccnc6s5)c4C3)nc2C(=O)NSCCN(CCC=O)C(=O)OC(C)(C)C)cnn1CC1CCCCC1. The predicted molar refractivity (Wildman–Crippen MR) is 232 cm³/mol. The summed E-state index contributed by atoms with van der Waals surface area (Å²) in [7, 11) is 0. The molecular weight excluding hydrogens is 787 g/mol. The van der Waals surface area contributed by atoms with Crippen molar-refractivity contribution >= 4 is 68.8 Å². The molecule has 310 valence electrons. The Morgan fingerprint density at radius 3 is 2.63 bits per heavy atom. The number of anilines is 2. The third-order valence-electron chi connectivity index (χ3n) is 10.7. The van der Waals surface area contributed by atoms with Crippen LogP contribution in [0.2, 0.25) is 0 Å². The zero-order valence-electron chi connectivity index (χ0n) is 34.0. The van der Waals surface area contributed by atoms with Gasteiger partial charge in [0, 0.05) is 73.5 Å². The highest BCUT2D eigenvalue weighted by atomic mass is 32.2. The quantitative estimate of drug-likeness (QED) is 0.0636. The maximum Gasteiger partial charge on any atom is 0.410 e. The fourth-order valence-electron chi connectivity index (χ4n) is 7.65. The molecule has 0 atom stereocenters. The van der Waals surface area contributed by atoms with Gasteiger partial charge in [-0.15, -0.1) is 0 Å². The number of fused-ring (bicyclic) bond motifs is 2. The van der Waals surface area contributed by atoms with Crippen LogP contribution in [0.25, 0.3) is 21.5 Å². The normalized spacial score (nSPS) is 14.5. The van der Waals surface area contributed by atoms with Crippen LogP contribution in [0.4, 0.5) is 15.7 Å². The Morgan fingerprint density at radius 2 is 1.85 bits per heavy atom. The van der Waals surface area contributed by atoms with Gasteiger partial charge in [-0.05, 0) is 106 Å². The lowest BCUT2D eigenvalue weighted by Gasteiger charge is -2.31. The molecule has 16 heteroatoms. The number of ether oxygens (including phenoxy) is 1. The van der Waals surface area contributed by atoms with Crippen molar-refractivity contribution in [3.63, 3.8) is 0 Å². The second-order valence-corrected chi connectivity index (χ2v) is 17.9. The average molecular weight is 838 g/mol. The average Bonchev–Trinajstić information content (AvgIpc) is 3.81. The zero-order valence-corrected chi connectivity index (χ0v) is 35.7. The number of amides is 3. The van der Waals surface area contributed by atoms with E-state index in [0.717, 1.165) is 57.5 Å². The number of thiazole rings is 1. The molecule has 2 aliphatic rings. The number of aromatic nitrogens is 5. The number of aldehydes is 1. The van der Waals surface area contributed by atoms with Crippen molar-refractivity contribution < 1.29 is 23.9 Å². The number of benzene rings is 1. The summed E-state index contributed by atoms with van der Waals surface area (Å²) in [4.78, 5) is 70.1. The summed E-state index contributed by atoms with van der Waals surface area (Å²) in [6.45, 7) is 9.79. The van der Waals surface area contributed by atoms with Gasteiger partial charge in [0.1, 0.15) is 33.7 Å². The van der Waals surface area contributed by atoms with E-state index in [9.17, 15) is 19.2 Å². The van der Waals surface area contributed by atoms with Crippen LogP contribution in [-0.2, 0) is 29.0 Å². The second-order valence-electron chi connectivity index (χ2n) is 16.0. The Kier molecular flexibility index (Phi) is 13.3. The Labute approximate surface area is 352 Å². The molecule has 2 N–H and O–H groups in total.